The van der Waals surface area contributed by atoms with Gasteiger partial charge in [-0.15, -0.1) is 24.0 Å². The molecule has 2 heterocycles. The van der Waals surface area contributed by atoms with E-state index in [9.17, 15) is 0 Å². The lowest BCUT2D eigenvalue weighted by Crippen LogP contribution is -2.44. The molecule has 0 atom stereocenters. The zero-order chi connectivity index (χ0) is 20.6. The van der Waals surface area contributed by atoms with Gasteiger partial charge in [-0.3, -0.25) is 4.99 Å². The molecule has 31 heavy (non-hydrogen) atoms. The summed E-state index contributed by atoms with van der Waals surface area (Å²) in [6, 6.07) is 19.1. The molecular formula is C24H29IN6. The van der Waals surface area contributed by atoms with E-state index in [4.69, 9.17) is 0 Å². The van der Waals surface area contributed by atoms with Crippen molar-refractivity contribution in [2.24, 2.45) is 4.99 Å². The molecule has 1 aromatic heterocycles. The Hall–Kier alpha value is -2.68. The maximum Gasteiger partial charge on any atom is 0.193 e. The van der Waals surface area contributed by atoms with Crippen molar-refractivity contribution in [3.05, 3.63) is 89.5 Å². The van der Waals surface area contributed by atoms with Crippen LogP contribution < -0.4 is 5.32 Å². The van der Waals surface area contributed by atoms with Crippen LogP contribution in [0.15, 0.2) is 77.8 Å². The predicted octanol–water partition coefficient (Wildman–Crippen LogP) is 4.20. The molecule has 6 nitrogen and oxygen atoms in total. The van der Waals surface area contributed by atoms with Crippen molar-refractivity contribution in [1.29, 1.82) is 0 Å². The summed E-state index contributed by atoms with van der Waals surface area (Å²) in [5.41, 5.74) is 5.24. The van der Waals surface area contributed by atoms with Crippen molar-refractivity contribution in [3.8, 4) is 0 Å². The average molecular weight is 528 g/mol. The molecule has 162 valence electrons. The lowest BCUT2D eigenvalue weighted by atomic mass is 10.0. The van der Waals surface area contributed by atoms with Crippen LogP contribution >= 0.6 is 24.0 Å². The Bertz CT molecular complexity index is 988. The largest absolute Gasteiger partial charge is 0.352 e. The Morgan fingerprint density at radius 1 is 1.06 bits per heavy atom. The third-order valence-corrected chi connectivity index (χ3v) is 5.34. The van der Waals surface area contributed by atoms with Crippen molar-refractivity contribution in [2.45, 2.75) is 25.9 Å². The van der Waals surface area contributed by atoms with Crippen LogP contribution in [0.3, 0.4) is 0 Å². The number of piperidine rings is 1. The molecule has 0 aliphatic carbocycles. The number of hydrogen-bond acceptors (Lipinski definition) is 3. The number of aromatic nitrogens is 3. The maximum atomic E-state index is 4.51. The fraction of sp³-hybridized carbons (Fsp3) is 0.292. The van der Waals surface area contributed by atoms with Gasteiger partial charge in [0.2, 0.25) is 0 Å². The van der Waals surface area contributed by atoms with Gasteiger partial charge in [0.25, 0.3) is 0 Å². The number of halogens is 1. The predicted molar refractivity (Wildman–Crippen MR) is 136 cm³/mol. The molecule has 1 saturated heterocycles. The Morgan fingerprint density at radius 2 is 1.84 bits per heavy atom. The highest BCUT2D eigenvalue weighted by molar-refractivity contribution is 14.0. The molecule has 0 bridgehead atoms. The topological polar surface area (TPSA) is 58.3 Å². The Morgan fingerprint density at radius 3 is 2.55 bits per heavy atom. The van der Waals surface area contributed by atoms with Crippen molar-refractivity contribution in [2.75, 3.05) is 20.1 Å². The molecule has 1 aliphatic rings. The van der Waals surface area contributed by atoms with Gasteiger partial charge in [-0.1, -0.05) is 66.2 Å². The van der Waals surface area contributed by atoms with E-state index in [2.05, 4.69) is 86.0 Å². The number of guanidine groups is 1. The van der Waals surface area contributed by atoms with Crippen LogP contribution in [-0.4, -0.2) is 45.8 Å². The van der Waals surface area contributed by atoms with E-state index >= 15 is 0 Å². The van der Waals surface area contributed by atoms with Crippen LogP contribution in [0.5, 0.6) is 0 Å². The van der Waals surface area contributed by atoms with Gasteiger partial charge >= 0.3 is 0 Å². The van der Waals surface area contributed by atoms with Crippen LogP contribution in [0.4, 0.5) is 0 Å². The van der Waals surface area contributed by atoms with Crippen LogP contribution in [-0.2, 0) is 13.1 Å². The molecule has 4 rings (SSSR count). The molecule has 7 heteroatoms. The second kappa shape index (κ2) is 11.6. The minimum absolute atomic E-state index is 0. The summed E-state index contributed by atoms with van der Waals surface area (Å²) in [6.07, 6.45) is 7.78. The van der Waals surface area contributed by atoms with E-state index in [0.717, 1.165) is 45.0 Å². The number of nitrogens with one attached hydrogen (secondary N) is 1. The van der Waals surface area contributed by atoms with Gasteiger partial charge in [-0.25, -0.2) is 9.67 Å². The lowest BCUT2D eigenvalue weighted by molar-refractivity contribution is 0.375. The van der Waals surface area contributed by atoms with E-state index in [1.807, 2.05) is 11.7 Å². The third kappa shape index (κ3) is 6.65. The first-order chi connectivity index (χ1) is 14.8. The van der Waals surface area contributed by atoms with Crippen molar-refractivity contribution in [1.82, 2.24) is 25.0 Å². The van der Waals surface area contributed by atoms with Crippen LogP contribution in [0.1, 0.15) is 29.5 Å². The van der Waals surface area contributed by atoms with Gasteiger partial charge in [-0.2, -0.15) is 5.10 Å². The fourth-order valence-corrected chi connectivity index (χ4v) is 3.79. The Balaban J connectivity index is 0.00000272. The number of benzene rings is 2. The highest BCUT2D eigenvalue weighted by atomic mass is 127. The Labute approximate surface area is 201 Å². The molecule has 0 spiro atoms. The smallest absolute Gasteiger partial charge is 0.193 e. The highest BCUT2D eigenvalue weighted by Gasteiger charge is 2.17. The average Bonchev–Trinajstić information content (AvgIpc) is 3.29. The summed E-state index contributed by atoms with van der Waals surface area (Å²) in [5.74, 6) is 0.968. The maximum absolute atomic E-state index is 4.51. The first kappa shape index (κ1) is 23.0. The lowest BCUT2D eigenvalue weighted by Gasteiger charge is -2.31. The van der Waals surface area contributed by atoms with Crippen LogP contribution in [0, 0.1) is 0 Å². The first-order valence-electron chi connectivity index (χ1n) is 10.4. The van der Waals surface area contributed by atoms with E-state index in [-0.39, 0.29) is 24.0 Å². The zero-order valence-corrected chi connectivity index (χ0v) is 20.1. The SMILES string of the molecule is CN=C(NCc1cccc(Cn2cncn2)c1)N1CCC(=Cc2ccccc2)CC1.I. The highest BCUT2D eigenvalue weighted by Crippen LogP contribution is 2.19. The second-order valence-electron chi connectivity index (χ2n) is 7.51. The summed E-state index contributed by atoms with van der Waals surface area (Å²) in [4.78, 5) is 10.9. The van der Waals surface area contributed by atoms with Gasteiger partial charge in [-0.05, 0) is 29.5 Å². The minimum Gasteiger partial charge on any atom is -0.352 e. The van der Waals surface area contributed by atoms with Crippen LogP contribution in [0.25, 0.3) is 6.08 Å². The number of nitrogens with zero attached hydrogens (tertiary/aromatic N) is 5. The molecular weight excluding hydrogens is 499 g/mol. The number of hydrogen-bond donors (Lipinski definition) is 1. The normalized spacial score (nSPS) is 14.2. The molecule has 2 aromatic carbocycles. The minimum atomic E-state index is 0. The molecule has 1 aliphatic heterocycles. The summed E-state index contributed by atoms with van der Waals surface area (Å²) in [7, 11) is 1.86. The summed E-state index contributed by atoms with van der Waals surface area (Å²) in [5, 5.41) is 7.71. The molecule has 3 aromatic rings. The van der Waals surface area contributed by atoms with Gasteiger partial charge in [0.1, 0.15) is 12.7 Å². The molecule has 0 amide bonds. The quantitative estimate of drug-likeness (QED) is 0.307. The second-order valence-corrected chi connectivity index (χ2v) is 7.51. The number of rotatable bonds is 5. The standard InChI is InChI=1S/C24H28N6.HI/c1-25-24(29-12-10-21(11-13-29)14-20-6-3-2-4-7-20)27-16-22-8-5-9-23(15-22)17-30-19-26-18-28-30;/h2-9,14-15,18-19H,10-13,16-17H2,1H3,(H,25,27);1H. The van der Waals surface area contributed by atoms with Gasteiger partial charge in [0.15, 0.2) is 5.96 Å². The number of likely N-dealkylation sites (tertiary alicyclic amines) is 1. The third-order valence-electron chi connectivity index (χ3n) is 5.34. The summed E-state index contributed by atoms with van der Waals surface area (Å²) >= 11 is 0. The van der Waals surface area contributed by atoms with E-state index in [1.54, 1.807) is 12.7 Å². The summed E-state index contributed by atoms with van der Waals surface area (Å²) < 4.78 is 1.83. The van der Waals surface area contributed by atoms with Crippen molar-refractivity contribution < 1.29 is 0 Å². The van der Waals surface area contributed by atoms with Crippen LogP contribution in [0.2, 0.25) is 0 Å². The van der Waals surface area contributed by atoms with Gasteiger partial charge in [0.05, 0.1) is 6.54 Å². The first-order valence-corrected chi connectivity index (χ1v) is 10.4. The zero-order valence-electron chi connectivity index (χ0n) is 17.8. The molecule has 1 N–H and O–H groups in total. The molecule has 1 fully saturated rings. The summed E-state index contributed by atoms with van der Waals surface area (Å²) in [6.45, 7) is 3.46. The molecule has 0 radical (unpaired) electrons. The van der Waals surface area contributed by atoms with Gasteiger partial charge < -0.3 is 10.2 Å². The monoisotopic (exact) mass is 528 g/mol. The molecule has 0 unspecified atom stereocenters. The Kier molecular flexibility index (Phi) is 8.63. The fourth-order valence-electron chi connectivity index (χ4n) is 3.79. The van der Waals surface area contributed by atoms with E-state index < -0.39 is 0 Å². The van der Waals surface area contributed by atoms with E-state index in [1.165, 1.54) is 22.3 Å². The number of aliphatic imine (C=N–C) groups is 1. The van der Waals surface area contributed by atoms with Crippen molar-refractivity contribution in [3.63, 3.8) is 0 Å². The van der Waals surface area contributed by atoms with Crippen molar-refractivity contribution >= 4 is 36.0 Å². The molecule has 0 saturated carbocycles. The van der Waals surface area contributed by atoms with Gasteiger partial charge in [0, 0.05) is 26.7 Å². The van der Waals surface area contributed by atoms with E-state index in [0.29, 0.717) is 0 Å².